The van der Waals surface area contributed by atoms with Crippen molar-refractivity contribution in [3.05, 3.63) is 46.6 Å². The molecule has 1 aliphatic heterocycles. The lowest BCUT2D eigenvalue weighted by molar-refractivity contribution is 0.434. The predicted molar refractivity (Wildman–Crippen MR) is 96.2 cm³/mol. The van der Waals surface area contributed by atoms with Crippen LogP contribution >= 0.6 is 11.6 Å². The first kappa shape index (κ1) is 16.1. The van der Waals surface area contributed by atoms with Crippen LogP contribution in [0.2, 0.25) is 5.02 Å². The molecule has 0 unspecified atom stereocenters. The van der Waals surface area contributed by atoms with Gasteiger partial charge in [0, 0.05) is 36.4 Å². The Kier molecular flexibility index (Phi) is 5.01. The maximum Gasteiger partial charge on any atom is 0.227 e. The van der Waals surface area contributed by atoms with E-state index in [0.29, 0.717) is 6.54 Å². The second kappa shape index (κ2) is 7.18. The molecule has 3 rings (SSSR count). The van der Waals surface area contributed by atoms with Gasteiger partial charge in [-0.05, 0) is 37.3 Å². The average molecular weight is 331 g/mol. The SMILES string of the molecule is Cc1cc(NCc2ccccc2Cl)nc(N2CCC(C)CC2)n1. The quantitative estimate of drug-likeness (QED) is 0.908. The fourth-order valence-electron chi connectivity index (χ4n) is 2.82. The van der Waals surface area contributed by atoms with E-state index in [1.54, 1.807) is 0 Å². The number of nitrogens with one attached hydrogen (secondary N) is 1. The van der Waals surface area contributed by atoms with Crippen LogP contribution in [-0.4, -0.2) is 23.1 Å². The Morgan fingerprint density at radius 1 is 1.22 bits per heavy atom. The second-order valence-electron chi connectivity index (χ2n) is 6.31. The molecule has 23 heavy (non-hydrogen) atoms. The number of halogens is 1. The molecule has 5 heteroatoms. The van der Waals surface area contributed by atoms with E-state index in [-0.39, 0.29) is 0 Å². The Morgan fingerprint density at radius 2 is 1.96 bits per heavy atom. The summed E-state index contributed by atoms with van der Waals surface area (Å²) in [5.41, 5.74) is 2.05. The van der Waals surface area contributed by atoms with Crippen molar-refractivity contribution in [3.63, 3.8) is 0 Å². The maximum absolute atomic E-state index is 6.21. The molecule has 1 saturated heterocycles. The normalized spacial score (nSPS) is 15.7. The number of anilines is 2. The number of aryl methyl sites for hydroxylation is 1. The van der Waals surface area contributed by atoms with Gasteiger partial charge in [-0.2, -0.15) is 4.98 Å². The van der Waals surface area contributed by atoms with E-state index < -0.39 is 0 Å². The van der Waals surface area contributed by atoms with Crippen molar-refractivity contribution in [2.75, 3.05) is 23.3 Å². The van der Waals surface area contributed by atoms with Gasteiger partial charge in [0.2, 0.25) is 5.95 Å². The third-order valence-electron chi connectivity index (χ3n) is 4.33. The highest BCUT2D eigenvalue weighted by atomic mass is 35.5. The molecule has 0 atom stereocenters. The third-order valence-corrected chi connectivity index (χ3v) is 4.70. The molecule has 1 aliphatic rings. The smallest absolute Gasteiger partial charge is 0.227 e. The van der Waals surface area contributed by atoms with Crippen molar-refractivity contribution >= 4 is 23.4 Å². The number of rotatable bonds is 4. The van der Waals surface area contributed by atoms with Gasteiger partial charge < -0.3 is 10.2 Å². The molecule has 4 nitrogen and oxygen atoms in total. The van der Waals surface area contributed by atoms with Crippen LogP contribution in [0, 0.1) is 12.8 Å². The van der Waals surface area contributed by atoms with E-state index in [1.165, 1.54) is 12.8 Å². The van der Waals surface area contributed by atoms with E-state index in [2.05, 4.69) is 27.1 Å². The van der Waals surface area contributed by atoms with E-state index in [4.69, 9.17) is 11.6 Å². The minimum Gasteiger partial charge on any atom is -0.366 e. The Morgan fingerprint density at radius 3 is 2.70 bits per heavy atom. The van der Waals surface area contributed by atoms with Crippen LogP contribution in [0.5, 0.6) is 0 Å². The summed E-state index contributed by atoms with van der Waals surface area (Å²) in [6, 6.07) is 9.85. The monoisotopic (exact) mass is 330 g/mol. The van der Waals surface area contributed by atoms with Gasteiger partial charge in [-0.25, -0.2) is 4.98 Å². The molecule has 1 fully saturated rings. The highest BCUT2D eigenvalue weighted by molar-refractivity contribution is 6.31. The number of nitrogens with zero attached hydrogens (tertiary/aromatic N) is 3. The third kappa shape index (κ3) is 4.14. The van der Waals surface area contributed by atoms with Gasteiger partial charge in [-0.1, -0.05) is 36.7 Å². The van der Waals surface area contributed by atoms with Gasteiger partial charge in [-0.15, -0.1) is 0 Å². The summed E-state index contributed by atoms with van der Waals surface area (Å²) in [6.45, 7) is 7.05. The second-order valence-corrected chi connectivity index (χ2v) is 6.72. The van der Waals surface area contributed by atoms with Gasteiger partial charge in [0.05, 0.1) is 0 Å². The largest absolute Gasteiger partial charge is 0.366 e. The van der Waals surface area contributed by atoms with Crippen molar-refractivity contribution in [1.29, 1.82) is 0 Å². The van der Waals surface area contributed by atoms with Crippen LogP contribution in [0.1, 0.15) is 31.0 Å². The summed E-state index contributed by atoms with van der Waals surface area (Å²) < 4.78 is 0. The number of hydrogen-bond acceptors (Lipinski definition) is 4. The van der Waals surface area contributed by atoms with E-state index >= 15 is 0 Å². The summed E-state index contributed by atoms with van der Waals surface area (Å²) in [5.74, 6) is 2.48. The molecule has 0 bridgehead atoms. The lowest BCUT2D eigenvalue weighted by atomic mass is 10.00. The summed E-state index contributed by atoms with van der Waals surface area (Å²) in [7, 11) is 0. The Bertz CT molecular complexity index is 666. The van der Waals surface area contributed by atoms with Crippen molar-refractivity contribution < 1.29 is 0 Å². The molecule has 0 radical (unpaired) electrons. The van der Waals surface area contributed by atoms with Crippen LogP contribution in [0.4, 0.5) is 11.8 Å². The summed E-state index contributed by atoms with van der Waals surface area (Å²) in [4.78, 5) is 11.6. The molecule has 2 aromatic rings. The lowest BCUT2D eigenvalue weighted by Crippen LogP contribution is -2.34. The molecular weight excluding hydrogens is 308 g/mol. The van der Waals surface area contributed by atoms with Gasteiger partial charge in [0.25, 0.3) is 0 Å². The fourth-order valence-corrected chi connectivity index (χ4v) is 3.02. The topological polar surface area (TPSA) is 41.1 Å². The van der Waals surface area contributed by atoms with Crippen LogP contribution in [0.15, 0.2) is 30.3 Å². The van der Waals surface area contributed by atoms with Crippen molar-refractivity contribution in [3.8, 4) is 0 Å². The highest BCUT2D eigenvalue weighted by Crippen LogP contribution is 2.22. The average Bonchev–Trinajstić information content (AvgIpc) is 2.54. The zero-order valence-corrected chi connectivity index (χ0v) is 14.5. The Hall–Kier alpha value is -1.81. The van der Waals surface area contributed by atoms with E-state index in [1.807, 2.05) is 37.3 Å². The van der Waals surface area contributed by atoms with Gasteiger partial charge in [0.1, 0.15) is 5.82 Å². The Balaban J connectivity index is 1.71. The number of piperidine rings is 1. The summed E-state index contributed by atoms with van der Waals surface area (Å²) in [6.07, 6.45) is 2.42. The lowest BCUT2D eigenvalue weighted by Gasteiger charge is -2.30. The highest BCUT2D eigenvalue weighted by Gasteiger charge is 2.18. The molecule has 0 spiro atoms. The van der Waals surface area contributed by atoms with Gasteiger partial charge in [0.15, 0.2) is 0 Å². The summed E-state index contributed by atoms with van der Waals surface area (Å²) >= 11 is 6.21. The number of benzene rings is 1. The minimum absolute atomic E-state index is 0.659. The molecule has 122 valence electrons. The van der Waals surface area contributed by atoms with Crippen molar-refractivity contribution in [2.24, 2.45) is 5.92 Å². The van der Waals surface area contributed by atoms with Crippen LogP contribution < -0.4 is 10.2 Å². The first-order chi connectivity index (χ1) is 11.1. The van der Waals surface area contributed by atoms with E-state index in [9.17, 15) is 0 Å². The van der Waals surface area contributed by atoms with E-state index in [0.717, 1.165) is 47.1 Å². The number of hydrogen-bond donors (Lipinski definition) is 1. The molecule has 0 aliphatic carbocycles. The number of aromatic nitrogens is 2. The maximum atomic E-state index is 6.21. The standard InChI is InChI=1S/C18H23ClN4/c1-13-7-9-23(10-8-13)18-21-14(2)11-17(22-18)20-12-15-5-3-4-6-16(15)19/h3-6,11,13H,7-10,12H2,1-2H3,(H,20,21,22). The summed E-state index contributed by atoms with van der Waals surface area (Å²) in [5, 5.41) is 4.14. The zero-order chi connectivity index (χ0) is 16.2. The van der Waals surface area contributed by atoms with Gasteiger partial charge in [-0.3, -0.25) is 0 Å². The molecular formula is C18H23ClN4. The van der Waals surface area contributed by atoms with Crippen molar-refractivity contribution in [1.82, 2.24) is 9.97 Å². The first-order valence-corrected chi connectivity index (χ1v) is 8.57. The first-order valence-electron chi connectivity index (χ1n) is 8.20. The van der Waals surface area contributed by atoms with Crippen molar-refractivity contribution in [2.45, 2.75) is 33.2 Å². The van der Waals surface area contributed by atoms with Gasteiger partial charge >= 0.3 is 0 Å². The molecule has 1 aromatic carbocycles. The fraction of sp³-hybridized carbons (Fsp3) is 0.444. The Labute approximate surface area is 142 Å². The molecule has 1 aromatic heterocycles. The van der Waals surface area contributed by atoms with Crippen LogP contribution in [0.3, 0.4) is 0 Å². The molecule has 2 heterocycles. The predicted octanol–water partition coefficient (Wildman–Crippen LogP) is 4.29. The van der Waals surface area contributed by atoms with Crippen LogP contribution in [0.25, 0.3) is 0 Å². The molecule has 1 N–H and O–H groups in total. The minimum atomic E-state index is 0.659. The molecule has 0 amide bonds. The zero-order valence-electron chi connectivity index (χ0n) is 13.7. The van der Waals surface area contributed by atoms with Crippen LogP contribution in [-0.2, 0) is 6.54 Å². The molecule has 0 saturated carbocycles.